The summed E-state index contributed by atoms with van der Waals surface area (Å²) in [5, 5.41) is 17.2. The van der Waals surface area contributed by atoms with Gasteiger partial charge in [-0.15, -0.1) is 0 Å². The van der Waals surface area contributed by atoms with Crippen LogP contribution < -0.4 is 0 Å². The van der Waals surface area contributed by atoms with E-state index < -0.39 is 58.0 Å². The third-order valence-corrected chi connectivity index (χ3v) is 7.99. The second-order valence-corrected chi connectivity index (χ2v) is 9.92. The van der Waals surface area contributed by atoms with Gasteiger partial charge in [-0.2, -0.15) is 26.3 Å². The second-order valence-electron chi connectivity index (χ2n) is 4.03. The van der Waals surface area contributed by atoms with Gasteiger partial charge in [0.25, 0.3) is 19.7 Å². The number of sulfone groups is 2. The first-order valence-electron chi connectivity index (χ1n) is 4.99. The van der Waals surface area contributed by atoms with Crippen molar-refractivity contribution in [1.29, 1.82) is 0 Å². The van der Waals surface area contributed by atoms with E-state index in [-0.39, 0.29) is 0 Å². The van der Waals surface area contributed by atoms with Crippen molar-refractivity contribution in [3.8, 4) is 0 Å². The number of rotatable bonds is 6. The molecule has 0 unspecified atom stereocenters. The zero-order chi connectivity index (χ0) is 19.9. The molecule has 8 nitrogen and oxygen atoms in total. The number of halogens is 7. The van der Waals surface area contributed by atoms with Crippen LogP contribution in [0.1, 0.15) is 6.42 Å². The molecule has 0 rings (SSSR count). The van der Waals surface area contributed by atoms with Crippen LogP contribution in [-0.2, 0) is 29.3 Å². The fourth-order valence-electron chi connectivity index (χ4n) is 1.18. The van der Waals surface area contributed by atoms with Crippen LogP contribution in [-0.4, -0.2) is 58.9 Å². The van der Waals surface area contributed by atoms with E-state index >= 15 is 0 Å². The Labute approximate surface area is 137 Å². The Bertz CT molecular complexity index is 678. The molecular formula is C7H5BrF6O8S2. The number of carbonyl (C=O) groups is 2. The van der Waals surface area contributed by atoms with Crippen molar-refractivity contribution in [3.63, 3.8) is 0 Å². The van der Waals surface area contributed by atoms with Gasteiger partial charge < -0.3 is 10.2 Å². The molecular weight excluding hydrogens is 470 g/mol. The maximum atomic E-state index is 12.4. The van der Waals surface area contributed by atoms with Gasteiger partial charge in [-0.05, 0) is 0 Å². The molecule has 0 aliphatic rings. The predicted octanol–water partition coefficient (Wildman–Crippen LogP) is 0.875. The SMILES string of the molecule is O=C(O)C(Br)(CC(S(=O)(=O)C(F)(F)F)S(=O)(=O)C(F)(F)F)C(=O)O. The van der Waals surface area contributed by atoms with Gasteiger partial charge in [0.2, 0.25) is 4.32 Å². The highest BCUT2D eigenvalue weighted by Crippen LogP contribution is 2.41. The van der Waals surface area contributed by atoms with Crippen LogP contribution >= 0.6 is 15.9 Å². The average Bonchev–Trinajstić information content (AvgIpc) is 2.31. The summed E-state index contributed by atoms with van der Waals surface area (Å²) in [5.41, 5.74) is -13.1. The molecule has 2 N–H and O–H groups in total. The normalized spacial score (nSPS) is 14.7. The van der Waals surface area contributed by atoms with Crippen LogP contribution in [0.5, 0.6) is 0 Å². The van der Waals surface area contributed by atoms with Crippen LogP contribution in [0.4, 0.5) is 26.3 Å². The zero-order valence-electron chi connectivity index (χ0n) is 10.6. The van der Waals surface area contributed by atoms with E-state index in [1.54, 1.807) is 15.9 Å². The van der Waals surface area contributed by atoms with Crippen LogP contribution in [0.2, 0.25) is 0 Å². The number of hydrogen-bond donors (Lipinski definition) is 2. The minimum Gasteiger partial charge on any atom is -0.480 e. The van der Waals surface area contributed by atoms with Crippen LogP contribution in [0.25, 0.3) is 0 Å². The monoisotopic (exact) mass is 474 g/mol. The van der Waals surface area contributed by atoms with E-state index in [9.17, 15) is 52.8 Å². The minimum atomic E-state index is -7.14. The summed E-state index contributed by atoms with van der Waals surface area (Å²) in [6, 6.07) is 0. The predicted molar refractivity (Wildman–Crippen MR) is 65.3 cm³/mol. The number of aliphatic carboxylic acids is 2. The number of carboxylic acid groups (broad SMARTS) is 2. The van der Waals surface area contributed by atoms with Crippen molar-refractivity contribution in [2.24, 2.45) is 0 Å². The van der Waals surface area contributed by atoms with Gasteiger partial charge >= 0.3 is 23.0 Å². The van der Waals surface area contributed by atoms with E-state index in [2.05, 4.69) is 0 Å². The van der Waals surface area contributed by atoms with Gasteiger partial charge in [-0.25, -0.2) is 16.8 Å². The summed E-state index contributed by atoms with van der Waals surface area (Å²) in [6.07, 6.45) is -2.60. The van der Waals surface area contributed by atoms with Gasteiger partial charge in [0.1, 0.15) is 0 Å². The Hall–Kier alpha value is -1.10. The molecule has 0 aromatic rings. The summed E-state index contributed by atoms with van der Waals surface area (Å²) >= 11 is 1.77. The van der Waals surface area contributed by atoms with Crippen molar-refractivity contribution in [2.45, 2.75) is 26.3 Å². The summed E-state index contributed by atoms with van der Waals surface area (Å²) in [5.74, 6) is -5.23. The number of carboxylic acids is 2. The highest BCUT2D eigenvalue weighted by molar-refractivity contribution is 9.10. The van der Waals surface area contributed by atoms with E-state index in [0.717, 1.165) is 0 Å². The Kier molecular flexibility index (Phi) is 6.03. The average molecular weight is 475 g/mol. The topological polar surface area (TPSA) is 143 Å². The third kappa shape index (κ3) is 3.93. The highest BCUT2D eigenvalue weighted by atomic mass is 79.9. The van der Waals surface area contributed by atoms with Gasteiger partial charge in [0.15, 0.2) is 4.58 Å². The van der Waals surface area contributed by atoms with Gasteiger partial charge in [0, 0.05) is 6.42 Å². The molecule has 0 bridgehead atoms. The molecule has 0 saturated heterocycles. The first-order chi connectivity index (χ1) is 10.2. The lowest BCUT2D eigenvalue weighted by Crippen LogP contribution is -2.52. The minimum absolute atomic E-state index is 1.77. The van der Waals surface area contributed by atoms with E-state index in [1.807, 2.05) is 0 Å². The molecule has 0 atom stereocenters. The first-order valence-corrected chi connectivity index (χ1v) is 8.87. The molecule has 0 heterocycles. The molecule has 0 aromatic heterocycles. The Morgan fingerprint density at radius 1 is 0.833 bits per heavy atom. The lowest BCUT2D eigenvalue weighted by molar-refractivity contribution is -0.151. The lowest BCUT2D eigenvalue weighted by Gasteiger charge is -2.25. The first kappa shape index (κ1) is 22.9. The Morgan fingerprint density at radius 2 is 1.08 bits per heavy atom. The maximum Gasteiger partial charge on any atom is 0.498 e. The van der Waals surface area contributed by atoms with E-state index in [4.69, 9.17) is 10.2 Å². The van der Waals surface area contributed by atoms with Gasteiger partial charge in [-0.3, -0.25) is 9.59 Å². The fraction of sp³-hybridized carbons (Fsp3) is 0.714. The molecule has 0 amide bonds. The molecule has 142 valence electrons. The second kappa shape index (κ2) is 6.32. The Balaban J connectivity index is 6.65. The largest absolute Gasteiger partial charge is 0.498 e. The van der Waals surface area contributed by atoms with Gasteiger partial charge in [0.05, 0.1) is 0 Å². The highest BCUT2D eigenvalue weighted by Gasteiger charge is 2.66. The van der Waals surface area contributed by atoms with E-state index in [0.29, 0.717) is 0 Å². The quantitative estimate of drug-likeness (QED) is 0.328. The molecule has 24 heavy (non-hydrogen) atoms. The van der Waals surface area contributed by atoms with Crippen LogP contribution in [0.3, 0.4) is 0 Å². The van der Waals surface area contributed by atoms with Crippen LogP contribution in [0.15, 0.2) is 0 Å². The van der Waals surface area contributed by atoms with Crippen molar-refractivity contribution in [2.75, 3.05) is 0 Å². The zero-order valence-corrected chi connectivity index (χ0v) is 13.8. The van der Waals surface area contributed by atoms with Crippen molar-refractivity contribution in [3.05, 3.63) is 0 Å². The maximum absolute atomic E-state index is 12.4. The molecule has 0 aromatic carbocycles. The summed E-state index contributed by atoms with van der Waals surface area (Å²) < 4.78 is 111. The molecule has 0 aliphatic heterocycles. The van der Waals surface area contributed by atoms with E-state index in [1.165, 1.54) is 0 Å². The third-order valence-electron chi connectivity index (χ3n) is 2.46. The molecule has 17 heteroatoms. The van der Waals surface area contributed by atoms with Crippen LogP contribution in [0, 0.1) is 0 Å². The summed E-state index contributed by atoms with van der Waals surface area (Å²) in [7, 11) is -14.3. The molecule has 0 radical (unpaired) electrons. The lowest BCUT2D eigenvalue weighted by atomic mass is 10.1. The molecule has 0 spiro atoms. The fourth-order valence-corrected chi connectivity index (χ4v) is 5.46. The number of alkyl halides is 7. The van der Waals surface area contributed by atoms with Gasteiger partial charge in [-0.1, -0.05) is 15.9 Å². The molecule has 0 aliphatic carbocycles. The molecule has 0 fully saturated rings. The smallest absolute Gasteiger partial charge is 0.480 e. The summed E-state index contributed by atoms with van der Waals surface area (Å²) in [6.45, 7) is 0. The number of hydrogen-bond acceptors (Lipinski definition) is 6. The molecule has 0 saturated carbocycles. The summed E-state index contributed by atoms with van der Waals surface area (Å²) in [4.78, 5) is 21.5. The Morgan fingerprint density at radius 3 is 1.25 bits per heavy atom. The standard InChI is InChI=1S/C7H5BrF6O8S2/c8-5(3(15)16,4(17)18)1-2(23(19,20)6(9,10)11)24(21,22)7(12,13)14/h2H,1H2,(H,15,16)(H,17,18). The van der Waals surface area contributed by atoms with Crippen molar-refractivity contribution >= 4 is 47.5 Å². The van der Waals surface area contributed by atoms with Crippen molar-refractivity contribution < 1.29 is 63.0 Å². The van der Waals surface area contributed by atoms with Crippen molar-refractivity contribution in [1.82, 2.24) is 0 Å².